The Morgan fingerprint density at radius 3 is 2.61 bits per heavy atom. The van der Waals surface area contributed by atoms with Gasteiger partial charge in [0.2, 0.25) is 5.91 Å². The second-order valence-corrected chi connectivity index (χ2v) is 8.84. The third-order valence-corrected chi connectivity index (χ3v) is 6.45. The van der Waals surface area contributed by atoms with Gasteiger partial charge >= 0.3 is 0 Å². The first-order chi connectivity index (χ1) is 14.9. The lowest BCUT2D eigenvalue weighted by Gasteiger charge is -2.12. The van der Waals surface area contributed by atoms with E-state index in [-0.39, 0.29) is 23.0 Å². The molecule has 0 aliphatic rings. The lowest BCUT2D eigenvalue weighted by Crippen LogP contribution is -2.22. The number of aryl methyl sites for hydroxylation is 1. The Bertz CT molecular complexity index is 1340. The Balaban J connectivity index is 1.59. The molecule has 31 heavy (non-hydrogen) atoms. The van der Waals surface area contributed by atoms with Crippen molar-refractivity contribution in [2.24, 2.45) is 0 Å². The van der Waals surface area contributed by atoms with E-state index >= 15 is 0 Å². The molecule has 2 aromatic carbocycles. The van der Waals surface area contributed by atoms with Crippen LogP contribution in [0.3, 0.4) is 0 Å². The summed E-state index contributed by atoms with van der Waals surface area (Å²) in [7, 11) is 0. The number of benzene rings is 2. The molecule has 4 aromatic rings. The van der Waals surface area contributed by atoms with E-state index in [4.69, 9.17) is 0 Å². The molecule has 1 N–H and O–H groups in total. The van der Waals surface area contributed by atoms with E-state index in [1.807, 2.05) is 42.6 Å². The number of thiophene rings is 1. The predicted octanol–water partition coefficient (Wildman–Crippen LogP) is 4.69. The van der Waals surface area contributed by atoms with E-state index in [0.29, 0.717) is 26.6 Å². The zero-order chi connectivity index (χ0) is 22.0. The number of ketones is 1. The minimum atomic E-state index is -0.226. The zero-order valence-corrected chi connectivity index (χ0v) is 18.5. The number of aromatic nitrogens is 2. The van der Waals surface area contributed by atoms with Gasteiger partial charge in [-0.25, -0.2) is 4.98 Å². The second kappa shape index (κ2) is 8.87. The Hall–Kier alpha value is -3.23. The summed E-state index contributed by atoms with van der Waals surface area (Å²) in [5.41, 5.74) is 3.42. The lowest BCUT2D eigenvalue weighted by atomic mass is 10.1. The van der Waals surface area contributed by atoms with Gasteiger partial charge in [0.1, 0.15) is 4.70 Å². The molecule has 0 bridgehead atoms. The van der Waals surface area contributed by atoms with Gasteiger partial charge in [-0.2, -0.15) is 0 Å². The third-order valence-electron chi connectivity index (χ3n) is 4.62. The fourth-order valence-corrected chi connectivity index (χ4v) is 4.67. The molecule has 0 spiro atoms. The monoisotopic (exact) mass is 449 g/mol. The van der Waals surface area contributed by atoms with E-state index in [2.05, 4.69) is 10.3 Å². The molecule has 0 unspecified atom stereocenters. The van der Waals surface area contributed by atoms with Gasteiger partial charge in [0.25, 0.3) is 5.56 Å². The number of hydrogen-bond acceptors (Lipinski definition) is 6. The van der Waals surface area contributed by atoms with E-state index in [9.17, 15) is 14.4 Å². The van der Waals surface area contributed by atoms with Crippen LogP contribution >= 0.6 is 23.1 Å². The number of anilines is 1. The van der Waals surface area contributed by atoms with Crippen molar-refractivity contribution >= 4 is 50.7 Å². The molecule has 0 aliphatic heterocycles. The minimum absolute atomic E-state index is 0.0301. The van der Waals surface area contributed by atoms with Crippen molar-refractivity contribution in [2.75, 3.05) is 11.1 Å². The molecule has 0 atom stereocenters. The van der Waals surface area contributed by atoms with Gasteiger partial charge in [-0.05, 0) is 67.3 Å². The SMILES string of the molecule is CC(=O)c1ccc(NC(=O)CSc2nc3ccsc3c(=O)n2-c2cccc(C)c2)cc1. The lowest BCUT2D eigenvalue weighted by molar-refractivity contribution is -0.113. The second-order valence-electron chi connectivity index (χ2n) is 6.98. The summed E-state index contributed by atoms with van der Waals surface area (Å²) < 4.78 is 2.15. The van der Waals surface area contributed by atoms with Crippen LogP contribution in [0.5, 0.6) is 0 Å². The van der Waals surface area contributed by atoms with Crippen molar-refractivity contribution in [3.05, 3.63) is 81.5 Å². The van der Waals surface area contributed by atoms with Gasteiger partial charge < -0.3 is 5.32 Å². The summed E-state index contributed by atoms with van der Waals surface area (Å²) in [6.45, 7) is 3.46. The van der Waals surface area contributed by atoms with Crippen LogP contribution in [-0.4, -0.2) is 27.0 Å². The first-order valence-electron chi connectivity index (χ1n) is 9.53. The normalized spacial score (nSPS) is 10.9. The van der Waals surface area contributed by atoms with Gasteiger partial charge in [0.15, 0.2) is 10.9 Å². The van der Waals surface area contributed by atoms with E-state index < -0.39 is 0 Å². The fourth-order valence-electron chi connectivity index (χ4n) is 3.10. The highest BCUT2D eigenvalue weighted by molar-refractivity contribution is 7.99. The number of carbonyl (C=O) groups excluding carboxylic acids is 2. The largest absolute Gasteiger partial charge is 0.325 e. The van der Waals surface area contributed by atoms with Crippen molar-refractivity contribution in [3.63, 3.8) is 0 Å². The van der Waals surface area contributed by atoms with Crippen molar-refractivity contribution in [2.45, 2.75) is 19.0 Å². The van der Waals surface area contributed by atoms with Gasteiger partial charge in [-0.1, -0.05) is 23.9 Å². The molecular formula is C23H19N3O3S2. The molecule has 4 rings (SSSR count). The summed E-state index contributed by atoms with van der Waals surface area (Å²) in [6.07, 6.45) is 0. The van der Waals surface area contributed by atoms with Gasteiger partial charge in [-0.3, -0.25) is 19.0 Å². The first kappa shape index (κ1) is 21.0. The van der Waals surface area contributed by atoms with Crippen molar-refractivity contribution in [3.8, 4) is 5.69 Å². The van der Waals surface area contributed by atoms with Gasteiger partial charge in [-0.15, -0.1) is 11.3 Å². The number of rotatable bonds is 6. The third kappa shape index (κ3) is 4.60. The maximum absolute atomic E-state index is 13.1. The van der Waals surface area contributed by atoms with Crippen molar-refractivity contribution < 1.29 is 9.59 Å². The number of fused-ring (bicyclic) bond motifs is 1. The van der Waals surface area contributed by atoms with Crippen LogP contribution in [-0.2, 0) is 4.79 Å². The summed E-state index contributed by atoms with van der Waals surface area (Å²) in [6, 6.07) is 16.2. The zero-order valence-electron chi connectivity index (χ0n) is 16.9. The Kier molecular flexibility index (Phi) is 6.01. The quantitative estimate of drug-likeness (QED) is 0.262. The summed E-state index contributed by atoms with van der Waals surface area (Å²) in [5.74, 6) is -0.170. The number of carbonyl (C=O) groups is 2. The average molecular weight is 450 g/mol. The molecule has 0 fully saturated rings. The van der Waals surface area contributed by atoms with E-state index in [1.54, 1.807) is 28.8 Å². The highest BCUT2D eigenvalue weighted by Gasteiger charge is 2.16. The molecular weight excluding hydrogens is 430 g/mol. The molecule has 1 amide bonds. The number of hydrogen-bond donors (Lipinski definition) is 1. The maximum Gasteiger partial charge on any atom is 0.276 e. The van der Waals surface area contributed by atoms with Gasteiger partial charge in [0, 0.05) is 11.3 Å². The minimum Gasteiger partial charge on any atom is -0.325 e. The van der Waals surface area contributed by atoms with Crippen LogP contribution in [0.2, 0.25) is 0 Å². The van der Waals surface area contributed by atoms with Crippen LogP contribution < -0.4 is 10.9 Å². The van der Waals surface area contributed by atoms with Crippen LogP contribution in [0.15, 0.2) is 69.9 Å². The highest BCUT2D eigenvalue weighted by Crippen LogP contribution is 2.24. The summed E-state index contributed by atoms with van der Waals surface area (Å²) >= 11 is 2.56. The summed E-state index contributed by atoms with van der Waals surface area (Å²) in [4.78, 5) is 41.6. The van der Waals surface area contributed by atoms with Crippen molar-refractivity contribution in [1.82, 2.24) is 9.55 Å². The molecule has 156 valence electrons. The van der Waals surface area contributed by atoms with Crippen LogP contribution in [0.4, 0.5) is 5.69 Å². The summed E-state index contributed by atoms with van der Waals surface area (Å²) in [5, 5.41) is 5.11. The molecule has 6 nitrogen and oxygen atoms in total. The number of amides is 1. The highest BCUT2D eigenvalue weighted by atomic mass is 32.2. The smallest absolute Gasteiger partial charge is 0.276 e. The van der Waals surface area contributed by atoms with E-state index in [0.717, 1.165) is 11.3 Å². The van der Waals surface area contributed by atoms with E-state index in [1.165, 1.54) is 30.0 Å². The molecule has 0 radical (unpaired) electrons. The number of nitrogens with one attached hydrogen (secondary N) is 1. The topological polar surface area (TPSA) is 81.1 Å². The Morgan fingerprint density at radius 2 is 1.90 bits per heavy atom. The molecule has 8 heteroatoms. The molecule has 2 aromatic heterocycles. The fraction of sp³-hybridized carbons (Fsp3) is 0.130. The predicted molar refractivity (Wildman–Crippen MR) is 126 cm³/mol. The Labute approximate surface area is 186 Å². The molecule has 0 saturated carbocycles. The maximum atomic E-state index is 13.1. The first-order valence-corrected chi connectivity index (χ1v) is 11.4. The van der Waals surface area contributed by atoms with Gasteiger partial charge in [0.05, 0.1) is 17.0 Å². The number of nitrogens with zero attached hydrogens (tertiary/aromatic N) is 2. The van der Waals surface area contributed by atoms with Crippen molar-refractivity contribution in [1.29, 1.82) is 0 Å². The standard InChI is InChI=1S/C23H19N3O3S2/c1-14-4-3-5-18(12-14)26-22(29)21-19(10-11-30-21)25-23(26)31-13-20(28)24-17-8-6-16(7-9-17)15(2)27/h3-12H,13H2,1-2H3,(H,24,28). The molecule has 2 heterocycles. The van der Waals surface area contributed by atoms with Crippen LogP contribution in [0, 0.1) is 6.92 Å². The van der Waals surface area contributed by atoms with Crippen LogP contribution in [0.1, 0.15) is 22.8 Å². The molecule has 0 saturated heterocycles. The number of Topliss-reactive ketones (excluding diaryl/α,β-unsaturated/α-hetero) is 1. The molecule has 0 aliphatic carbocycles. The number of thioether (sulfide) groups is 1. The Morgan fingerprint density at radius 1 is 1.13 bits per heavy atom. The van der Waals surface area contributed by atoms with Crippen LogP contribution in [0.25, 0.3) is 15.9 Å². The average Bonchev–Trinajstić information content (AvgIpc) is 3.22.